The van der Waals surface area contributed by atoms with Gasteiger partial charge < -0.3 is 10.2 Å². The van der Waals surface area contributed by atoms with Gasteiger partial charge in [-0.25, -0.2) is 0 Å². The first-order valence-electron chi connectivity index (χ1n) is 8.09. The van der Waals surface area contributed by atoms with Crippen molar-refractivity contribution in [3.05, 3.63) is 48.0 Å². The molecule has 0 heterocycles. The van der Waals surface area contributed by atoms with E-state index >= 15 is 0 Å². The molecular weight excluding hydrogens is 256 g/mol. The van der Waals surface area contributed by atoms with Gasteiger partial charge in [-0.2, -0.15) is 0 Å². The van der Waals surface area contributed by atoms with Crippen molar-refractivity contribution in [2.75, 3.05) is 27.2 Å². The minimum Gasteiger partial charge on any atom is -0.313 e. The molecule has 0 unspecified atom stereocenters. The van der Waals surface area contributed by atoms with Crippen LogP contribution in [0.3, 0.4) is 0 Å². The van der Waals surface area contributed by atoms with E-state index in [1.54, 1.807) is 0 Å². The van der Waals surface area contributed by atoms with Crippen molar-refractivity contribution in [2.24, 2.45) is 0 Å². The maximum Gasteiger partial charge on any atom is 0.0211 e. The number of nitrogens with zero attached hydrogens (tertiary/aromatic N) is 1. The van der Waals surface area contributed by atoms with Gasteiger partial charge in [-0.1, -0.05) is 55.3 Å². The lowest BCUT2D eigenvalue weighted by atomic mass is 10.0. The second kappa shape index (κ2) is 8.81. The third-order valence-electron chi connectivity index (χ3n) is 3.90. The molecule has 0 radical (unpaired) electrons. The van der Waals surface area contributed by atoms with E-state index in [-0.39, 0.29) is 0 Å². The molecule has 2 aromatic rings. The standard InChI is InChI=1S/C19H28N2/c1-21(2)15-8-4-3-7-14-20-16-18-12-9-11-17-10-5-6-13-19(17)18/h5-6,9-13,20H,3-4,7-8,14-16H2,1-2H3. The molecule has 2 rings (SSSR count). The van der Waals surface area contributed by atoms with Crippen LogP contribution in [0, 0.1) is 0 Å². The van der Waals surface area contributed by atoms with Gasteiger partial charge in [-0.05, 0) is 56.4 Å². The second-order valence-electron chi connectivity index (χ2n) is 6.03. The van der Waals surface area contributed by atoms with Crippen LogP contribution in [-0.4, -0.2) is 32.1 Å². The van der Waals surface area contributed by atoms with Gasteiger partial charge >= 0.3 is 0 Å². The molecule has 2 heteroatoms. The second-order valence-corrected chi connectivity index (χ2v) is 6.03. The van der Waals surface area contributed by atoms with Crippen LogP contribution in [0.25, 0.3) is 10.8 Å². The molecule has 0 aliphatic heterocycles. The summed E-state index contributed by atoms with van der Waals surface area (Å²) >= 11 is 0. The van der Waals surface area contributed by atoms with Crippen LogP contribution in [0.2, 0.25) is 0 Å². The van der Waals surface area contributed by atoms with E-state index in [2.05, 4.69) is 66.8 Å². The smallest absolute Gasteiger partial charge is 0.0211 e. The zero-order chi connectivity index (χ0) is 14.9. The van der Waals surface area contributed by atoms with Crippen molar-refractivity contribution in [3.8, 4) is 0 Å². The van der Waals surface area contributed by atoms with Crippen LogP contribution in [0.1, 0.15) is 31.2 Å². The van der Waals surface area contributed by atoms with E-state index in [0.29, 0.717) is 0 Å². The quantitative estimate of drug-likeness (QED) is 0.699. The fourth-order valence-electron chi connectivity index (χ4n) is 2.70. The number of hydrogen-bond donors (Lipinski definition) is 1. The van der Waals surface area contributed by atoms with Crippen LogP contribution in [-0.2, 0) is 6.54 Å². The molecule has 0 spiro atoms. The van der Waals surface area contributed by atoms with Gasteiger partial charge in [0, 0.05) is 6.54 Å². The van der Waals surface area contributed by atoms with Crippen molar-refractivity contribution in [2.45, 2.75) is 32.2 Å². The lowest BCUT2D eigenvalue weighted by molar-refractivity contribution is 0.389. The molecule has 1 N–H and O–H groups in total. The van der Waals surface area contributed by atoms with Gasteiger partial charge in [0.05, 0.1) is 0 Å². The van der Waals surface area contributed by atoms with Gasteiger partial charge in [0.2, 0.25) is 0 Å². The molecule has 114 valence electrons. The van der Waals surface area contributed by atoms with E-state index in [4.69, 9.17) is 0 Å². The first-order valence-corrected chi connectivity index (χ1v) is 8.09. The minimum absolute atomic E-state index is 0.971. The molecule has 0 atom stereocenters. The third-order valence-corrected chi connectivity index (χ3v) is 3.90. The number of rotatable bonds is 9. The summed E-state index contributed by atoms with van der Waals surface area (Å²) in [4.78, 5) is 2.26. The average Bonchev–Trinajstić information content (AvgIpc) is 2.50. The van der Waals surface area contributed by atoms with E-state index in [1.807, 2.05) is 0 Å². The van der Waals surface area contributed by atoms with Gasteiger partial charge in [0.25, 0.3) is 0 Å². The molecule has 0 saturated heterocycles. The summed E-state index contributed by atoms with van der Waals surface area (Å²) in [7, 11) is 4.29. The Morgan fingerprint density at radius 1 is 0.857 bits per heavy atom. The highest BCUT2D eigenvalue weighted by molar-refractivity contribution is 5.85. The Balaban J connectivity index is 1.66. The van der Waals surface area contributed by atoms with Crippen LogP contribution >= 0.6 is 0 Å². The number of unbranched alkanes of at least 4 members (excludes halogenated alkanes) is 3. The maximum atomic E-state index is 3.58. The van der Waals surface area contributed by atoms with Crippen molar-refractivity contribution >= 4 is 10.8 Å². The van der Waals surface area contributed by atoms with Crippen molar-refractivity contribution < 1.29 is 0 Å². The number of nitrogens with one attached hydrogen (secondary N) is 1. The molecule has 2 nitrogen and oxygen atoms in total. The summed E-state index contributed by atoms with van der Waals surface area (Å²) in [5.41, 5.74) is 1.40. The van der Waals surface area contributed by atoms with E-state index < -0.39 is 0 Å². The van der Waals surface area contributed by atoms with Crippen LogP contribution < -0.4 is 5.32 Å². The Bertz CT molecular complexity index is 529. The zero-order valence-corrected chi connectivity index (χ0v) is 13.4. The largest absolute Gasteiger partial charge is 0.313 e. The third kappa shape index (κ3) is 5.49. The molecule has 0 bridgehead atoms. The maximum absolute atomic E-state index is 3.58. The Hall–Kier alpha value is -1.38. The predicted octanol–water partition coefficient (Wildman–Crippen LogP) is 4.05. The Morgan fingerprint density at radius 2 is 1.62 bits per heavy atom. The summed E-state index contributed by atoms with van der Waals surface area (Å²) < 4.78 is 0. The lowest BCUT2D eigenvalue weighted by Gasteiger charge is -2.10. The molecule has 21 heavy (non-hydrogen) atoms. The van der Waals surface area contributed by atoms with Crippen LogP contribution in [0.5, 0.6) is 0 Å². The van der Waals surface area contributed by atoms with Crippen LogP contribution in [0.4, 0.5) is 0 Å². The average molecular weight is 284 g/mol. The molecule has 2 aromatic carbocycles. The molecule has 0 aliphatic carbocycles. The molecule has 0 amide bonds. The first kappa shape index (κ1) is 16.0. The zero-order valence-electron chi connectivity index (χ0n) is 13.4. The number of hydrogen-bond acceptors (Lipinski definition) is 2. The fourth-order valence-corrected chi connectivity index (χ4v) is 2.70. The Kier molecular flexibility index (Phi) is 6.71. The SMILES string of the molecule is CN(C)CCCCCCNCc1cccc2ccccc12. The highest BCUT2D eigenvalue weighted by Gasteiger charge is 1.99. The lowest BCUT2D eigenvalue weighted by Crippen LogP contribution is -2.15. The number of fused-ring (bicyclic) bond motifs is 1. The first-order chi connectivity index (χ1) is 10.3. The monoisotopic (exact) mass is 284 g/mol. The van der Waals surface area contributed by atoms with E-state index in [0.717, 1.165) is 13.1 Å². The molecule has 0 saturated carbocycles. The highest BCUT2D eigenvalue weighted by Crippen LogP contribution is 2.18. The molecular formula is C19H28N2. The van der Waals surface area contributed by atoms with Gasteiger partial charge in [0.1, 0.15) is 0 Å². The predicted molar refractivity (Wildman–Crippen MR) is 92.7 cm³/mol. The molecule has 0 fully saturated rings. The normalized spacial score (nSPS) is 11.4. The molecule has 0 aliphatic rings. The van der Waals surface area contributed by atoms with Gasteiger partial charge in [-0.15, -0.1) is 0 Å². The summed E-state index contributed by atoms with van der Waals surface area (Å²) in [5.74, 6) is 0. The number of benzene rings is 2. The van der Waals surface area contributed by atoms with Crippen molar-refractivity contribution in [1.29, 1.82) is 0 Å². The highest BCUT2D eigenvalue weighted by atomic mass is 15.0. The summed E-state index contributed by atoms with van der Waals surface area (Å²) in [5, 5.41) is 6.29. The fraction of sp³-hybridized carbons (Fsp3) is 0.474. The van der Waals surface area contributed by atoms with Crippen molar-refractivity contribution in [3.63, 3.8) is 0 Å². The van der Waals surface area contributed by atoms with Crippen LogP contribution in [0.15, 0.2) is 42.5 Å². The van der Waals surface area contributed by atoms with E-state index in [1.165, 1.54) is 48.6 Å². The summed E-state index contributed by atoms with van der Waals surface area (Å²) in [6.07, 6.45) is 5.26. The van der Waals surface area contributed by atoms with Gasteiger partial charge in [-0.3, -0.25) is 0 Å². The van der Waals surface area contributed by atoms with Crippen molar-refractivity contribution in [1.82, 2.24) is 10.2 Å². The van der Waals surface area contributed by atoms with E-state index in [9.17, 15) is 0 Å². The molecule has 0 aromatic heterocycles. The minimum atomic E-state index is 0.971. The summed E-state index contributed by atoms with van der Waals surface area (Å²) in [6, 6.07) is 15.2. The Morgan fingerprint density at radius 3 is 2.48 bits per heavy atom. The summed E-state index contributed by atoms with van der Waals surface area (Å²) in [6.45, 7) is 3.30. The van der Waals surface area contributed by atoms with Gasteiger partial charge in [0.15, 0.2) is 0 Å². The topological polar surface area (TPSA) is 15.3 Å². The Labute approximate surface area is 129 Å².